The van der Waals surface area contributed by atoms with Crippen LogP contribution in [0.2, 0.25) is 0 Å². The Balaban J connectivity index is 1.25. The van der Waals surface area contributed by atoms with Crippen molar-refractivity contribution in [2.75, 3.05) is 38.2 Å². The van der Waals surface area contributed by atoms with Crippen molar-refractivity contribution in [3.63, 3.8) is 0 Å². The van der Waals surface area contributed by atoms with E-state index in [-0.39, 0.29) is 0 Å². The van der Waals surface area contributed by atoms with Crippen LogP contribution in [0.1, 0.15) is 43.0 Å². The van der Waals surface area contributed by atoms with Crippen LogP contribution in [0.5, 0.6) is 17.4 Å². The lowest BCUT2D eigenvalue weighted by atomic mass is 9.95. The molecule has 2 aromatic heterocycles. The van der Waals surface area contributed by atoms with Gasteiger partial charge in [0.1, 0.15) is 0 Å². The topological polar surface area (TPSA) is 76.5 Å². The minimum atomic E-state index is 0.312. The van der Waals surface area contributed by atoms with Crippen molar-refractivity contribution in [3.05, 3.63) is 60.3 Å². The van der Waals surface area contributed by atoms with Gasteiger partial charge in [0, 0.05) is 44.5 Å². The number of anilines is 1. The van der Waals surface area contributed by atoms with Gasteiger partial charge in [0.05, 0.1) is 24.7 Å². The molecule has 0 amide bonds. The molecule has 8 nitrogen and oxygen atoms in total. The van der Waals surface area contributed by atoms with Gasteiger partial charge in [0.2, 0.25) is 11.8 Å². The van der Waals surface area contributed by atoms with E-state index in [0.29, 0.717) is 23.3 Å². The Bertz CT molecular complexity index is 1070. The molecule has 0 unspecified atom stereocenters. The predicted molar refractivity (Wildman–Crippen MR) is 126 cm³/mol. The summed E-state index contributed by atoms with van der Waals surface area (Å²) in [5.74, 6) is 2.97. The molecule has 0 spiro atoms. The van der Waals surface area contributed by atoms with Crippen molar-refractivity contribution in [2.45, 2.75) is 38.1 Å². The number of benzene rings is 1. The van der Waals surface area contributed by atoms with E-state index >= 15 is 0 Å². The fourth-order valence-electron chi connectivity index (χ4n) is 4.64. The largest absolute Gasteiger partial charge is 0.493 e. The minimum absolute atomic E-state index is 0.312. The molecule has 0 aliphatic carbocycles. The maximum absolute atomic E-state index is 5.98. The highest BCUT2D eigenvalue weighted by molar-refractivity contribution is 5.41. The zero-order chi connectivity index (χ0) is 22.5. The van der Waals surface area contributed by atoms with Gasteiger partial charge >= 0.3 is 0 Å². The van der Waals surface area contributed by atoms with Gasteiger partial charge in [0.25, 0.3) is 0 Å². The molecule has 8 heteroatoms. The summed E-state index contributed by atoms with van der Waals surface area (Å²) in [5, 5.41) is 0. The van der Waals surface area contributed by atoms with Gasteiger partial charge in [-0.15, -0.1) is 0 Å². The molecule has 5 rings (SSSR count). The zero-order valence-electron chi connectivity index (χ0n) is 19.1. The number of para-hydroxylation sites is 2. The number of nitrogens with zero attached hydrogens (tertiary/aromatic N) is 6. The lowest BCUT2D eigenvalue weighted by Gasteiger charge is -2.32. The fourth-order valence-corrected chi connectivity index (χ4v) is 4.64. The van der Waals surface area contributed by atoms with Crippen LogP contribution >= 0.6 is 0 Å². The highest BCUT2D eigenvalue weighted by atomic mass is 16.5. The second-order valence-electron chi connectivity index (χ2n) is 8.65. The molecule has 33 heavy (non-hydrogen) atoms. The molecule has 2 saturated heterocycles. The van der Waals surface area contributed by atoms with E-state index < -0.39 is 0 Å². The standard InChI is InChI=1S/C25H30N6O2/c1-32-22-8-2-3-9-23(22)33-24-16-26-15-21(29-24)19-7-6-12-30(17-19)18-20-10-11-27-25(28-20)31-13-4-5-14-31/h2-3,8-11,15-16,19H,4-7,12-14,17-18H2,1H3/t19-/m1/s1. The first-order chi connectivity index (χ1) is 16.3. The SMILES string of the molecule is COc1ccccc1Oc1cncc([C@@H]2CCCN(Cc3ccnc(N4CCCC4)n3)C2)n1. The van der Waals surface area contributed by atoms with Crippen LogP contribution in [0.15, 0.2) is 48.9 Å². The number of methoxy groups -OCH3 is 1. The van der Waals surface area contributed by atoms with Gasteiger partial charge in [-0.1, -0.05) is 12.1 Å². The summed E-state index contributed by atoms with van der Waals surface area (Å²) in [6, 6.07) is 9.60. The van der Waals surface area contributed by atoms with E-state index in [4.69, 9.17) is 19.4 Å². The molecule has 2 fully saturated rings. The molecule has 172 valence electrons. The lowest BCUT2D eigenvalue weighted by molar-refractivity contribution is 0.196. The maximum Gasteiger partial charge on any atom is 0.238 e. The van der Waals surface area contributed by atoms with E-state index in [9.17, 15) is 0 Å². The molecule has 0 radical (unpaired) electrons. The number of rotatable bonds is 7. The Kier molecular flexibility index (Phi) is 6.62. The van der Waals surface area contributed by atoms with Crippen LogP contribution in [0.3, 0.4) is 0 Å². The summed E-state index contributed by atoms with van der Waals surface area (Å²) >= 11 is 0. The minimum Gasteiger partial charge on any atom is -0.493 e. The summed E-state index contributed by atoms with van der Waals surface area (Å²) in [7, 11) is 1.63. The maximum atomic E-state index is 5.98. The number of likely N-dealkylation sites (tertiary alicyclic amines) is 1. The Labute approximate surface area is 194 Å². The van der Waals surface area contributed by atoms with Gasteiger partial charge in [-0.05, 0) is 50.4 Å². The average molecular weight is 447 g/mol. The average Bonchev–Trinajstić information content (AvgIpc) is 3.40. The van der Waals surface area contributed by atoms with Gasteiger partial charge in [-0.2, -0.15) is 0 Å². The third kappa shape index (κ3) is 5.22. The van der Waals surface area contributed by atoms with Crippen molar-refractivity contribution < 1.29 is 9.47 Å². The molecule has 3 aromatic rings. The number of hydrogen-bond donors (Lipinski definition) is 0. The van der Waals surface area contributed by atoms with Gasteiger partial charge in [0.15, 0.2) is 11.5 Å². The molecule has 1 atom stereocenters. The number of hydrogen-bond acceptors (Lipinski definition) is 8. The van der Waals surface area contributed by atoms with E-state index in [1.54, 1.807) is 13.3 Å². The Hall–Kier alpha value is -3.26. The molecular weight excluding hydrogens is 416 g/mol. The van der Waals surface area contributed by atoms with Crippen LogP contribution in [0.25, 0.3) is 0 Å². The summed E-state index contributed by atoms with van der Waals surface area (Å²) in [6.45, 7) is 4.92. The highest BCUT2D eigenvalue weighted by Crippen LogP contribution is 2.32. The first-order valence-corrected chi connectivity index (χ1v) is 11.7. The van der Waals surface area contributed by atoms with Gasteiger partial charge < -0.3 is 14.4 Å². The second-order valence-corrected chi connectivity index (χ2v) is 8.65. The van der Waals surface area contributed by atoms with Crippen LogP contribution in [-0.2, 0) is 6.54 Å². The molecular formula is C25H30N6O2. The predicted octanol–water partition coefficient (Wildman–Crippen LogP) is 4.05. The summed E-state index contributed by atoms with van der Waals surface area (Å²) in [4.78, 5) is 23.2. The van der Waals surface area contributed by atoms with E-state index in [1.807, 2.05) is 42.7 Å². The lowest BCUT2D eigenvalue weighted by Crippen LogP contribution is -2.34. The highest BCUT2D eigenvalue weighted by Gasteiger charge is 2.24. The van der Waals surface area contributed by atoms with Gasteiger partial charge in [-0.3, -0.25) is 9.88 Å². The Morgan fingerprint density at radius 3 is 2.67 bits per heavy atom. The molecule has 2 aliphatic heterocycles. The van der Waals surface area contributed by atoms with Gasteiger partial charge in [-0.25, -0.2) is 15.0 Å². The summed E-state index contributed by atoms with van der Waals surface area (Å²) in [6.07, 6.45) is 10.1. The zero-order valence-corrected chi connectivity index (χ0v) is 19.1. The number of ether oxygens (including phenoxy) is 2. The second kappa shape index (κ2) is 10.1. The quantitative estimate of drug-likeness (QED) is 0.538. The first-order valence-electron chi connectivity index (χ1n) is 11.7. The van der Waals surface area contributed by atoms with E-state index in [2.05, 4.69) is 19.8 Å². The smallest absolute Gasteiger partial charge is 0.238 e. The van der Waals surface area contributed by atoms with Crippen molar-refractivity contribution in [1.82, 2.24) is 24.8 Å². The molecule has 1 aromatic carbocycles. The molecule has 2 aliphatic rings. The van der Waals surface area contributed by atoms with Crippen LogP contribution in [-0.4, -0.2) is 58.1 Å². The van der Waals surface area contributed by atoms with Crippen molar-refractivity contribution in [2.24, 2.45) is 0 Å². The molecule has 0 saturated carbocycles. The number of piperidine rings is 1. The first kappa shape index (κ1) is 21.6. The molecule has 0 N–H and O–H groups in total. The van der Waals surface area contributed by atoms with Crippen molar-refractivity contribution in [1.29, 1.82) is 0 Å². The number of aromatic nitrogens is 4. The summed E-state index contributed by atoms with van der Waals surface area (Å²) in [5.41, 5.74) is 2.04. The van der Waals surface area contributed by atoms with Crippen LogP contribution in [0.4, 0.5) is 5.95 Å². The third-order valence-corrected chi connectivity index (χ3v) is 6.31. The van der Waals surface area contributed by atoms with E-state index in [1.165, 1.54) is 12.8 Å². The molecule has 4 heterocycles. The Morgan fingerprint density at radius 1 is 0.970 bits per heavy atom. The monoisotopic (exact) mass is 446 g/mol. The normalized spacial score (nSPS) is 18.9. The van der Waals surface area contributed by atoms with E-state index in [0.717, 1.165) is 62.9 Å². The summed E-state index contributed by atoms with van der Waals surface area (Å²) < 4.78 is 11.4. The Morgan fingerprint density at radius 2 is 1.82 bits per heavy atom. The van der Waals surface area contributed by atoms with Crippen molar-refractivity contribution >= 4 is 5.95 Å². The van der Waals surface area contributed by atoms with Crippen molar-refractivity contribution in [3.8, 4) is 17.4 Å². The fraction of sp³-hybridized carbons (Fsp3) is 0.440. The van der Waals surface area contributed by atoms with Crippen LogP contribution in [0, 0.1) is 0 Å². The third-order valence-electron chi connectivity index (χ3n) is 6.31. The van der Waals surface area contributed by atoms with Crippen LogP contribution < -0.4 is 14.4 Å². The molecule has 0 bridgehead atoms.